The number of ether oxygens (including phenoxy) is 1. The van der Waals surface area contributed by atoms with E-state index in [1.54, 1.807) is 36.5 Å². The molecule has 28 heavy (non-hydrogen) atoms. The fraction of sp³-hybridized carbons (Fsp3) is 0.286. The molecule has 0 spiro atoms. The Balaban J connectivity index is 1.60. The van der Waals surface area contributed by atoms with Gasteiger partial charge in [0.1, 0.15) is 17.0 Å². The van der Waals surface area contributed by atoms with E-state index in [0.717, 1.165) is 5.56 Å². The first-order valence-electron chi connectivity index (χ1n) is 9.09. The van der Waals surface area contributed by atoms with Crippen molar-refractivity contribution in [3.63, 3.8) is 0 Å². The molecule has 1 aliphatic carbocycles. The van der Waals surface area contributed by atoms with E-state index in [9.17, 15) is 14.3 Å². The van der Waals surface area contributed by atoms with Crippen molar-refractivity contribution in [3.8, 4) is 5.88 Å². The third-order valence-corrected chi connectivity index (χ3v) is 5.14. The highest BCUT2D eigenvalue weighted by Gasteiger charge is 2.36. The number of hydrogen-bond donors (Lipinski definition) is 2. The Morgan fingerprint density at radius 1 is 1.25 bits per heavy atom. The van der Waals surface area contributed by atoms with Crippen LogP contribution in [-0.2, 0) is 0 Å². The molecular formula is C21H20FN3O3. The first-order valence-corrected chi connectivity index (χ1v) is 9.09. The minimum absolute atomic E-state index is 0.0892. The van der Waals surface area contributed by atoms with Crippen molar-refractivity contribution < 1.29 is 19.0 Å². The Hall–Kier alpha value is -3.06. The van der Waals surface area contributed by atoms with Gasteiger partial charge in [0.05, 0.1) is 19.3 Å². The number of halogens is 1. The molecule has 1 fully saturated rings. The number of pyridine rings is 2. The van der Waals surface area contributed by atoms with Gasteiger partial charge in [0, 0.05) is 17.6 Å². The van der Waals surface area contributed by atoms with Crippen molar-refractivity contribution in [2.24, 2.45) is 5.92 Å². The van der Waals surface area contributed by atoms with Crippen LogP contribution < -0.4 is 10.1 Å². The molecule has 4 rings (SSSR count). The Morgan fingerprint density at radius 3 is 2.75 bits per heavy atom. The summed E-state index contributed by atoms with van der Waals surface area (Å²) in [4.78, 5) is 21.2. The molecular weight excluding hydrogens is 361 g/mol. The fourth-order valence-electron chi connectivity index (χ4n) is 3.52. The number of aromatic nitrogens is 2. The molecule has 1 saturated carbocycles. The maximum atomic E-state index is 14.0. The number of nitrogens with zero attached hydrogens (tertiary/aromatic N) is 2. The highest BCUT2D eigenvalue weighted by molar-refractivity contribution is 5.95. The molecule has 1 aliphatic rings. The van der Waals surface area contributed by atoms with E-state index >= 15 is 0 Å². The zero-order chi connectivity index (χ0) is 19.7. The van der Waals surface area contributed by atoms with E-state index in [2.05, 4.69) is 15.3 Å². The van der Waals surface area contributed by atoms with Gasteiger partial charge in [-0.15, -0.1) is 0 Å². The summed E-state index contributed by atoms with van der Waals surface area (Å²) in [6.07, 6.45) is 2.48. The summed E-state index contributed by atoms with van der Waals surface area (Å²) >= 11 is 0. The van der Waals surface area contributed by atoms with Crippen LogP contribution in [0.2, 0.25) is 0 Å². The maximum absolute atomic E-state index is 14.0. The van der Waals surface area contributed by atoms with Gasteiger partial charge >= 0.3 is 0 Å². The summed E-state index contributed by atoms with van der Waals surface area (Å²) in [6, 6.07) is 11.2. The van der Waals surface area contributed by atoms with E-state index in [-0.39, 0.29) is 29.3 Å². The van der Waals surface area contributed by atoms with Gasteiger partial charge in [0.15, 0.2) is 0 Å². The molecule has 1 atom stereocenters. The van der Waals surface area contributed by atoms with Crippen molar-refractivity contribution >= 4 is 16.8 Å². The van der Waals surface area contributed by atoms with Crippen LogP contribution in [0.25, 0.3) is 10.9 Å². The largest absolute Gasteiger partial charge is 0.481 e. The van der Waals surface area contributed by atoms with Crippen LogP contribution in [0.5, 0.6) is 5.88 Å². The molecule has 1 aromatic carbocycles. The van der Waals surface area contributed by atoms with Gasteiger partial charge in [0.25, 0.3) is 5.91 Å². The van der Waals surface area contributed by atoms with Crippen LogP contribution in [-0.4, -0.2) is 34.2 Å². The zero-order valence-electron chi connectivity index (χ0n) is 15.3. The van der Waals surface area contributed by atoms with Gasteiger partial charge < -0.3 is 15.2 Å². The third-order valence-electron chi connectivity index (χ3n) is 5.14. The predicted octanol–water partition coefficient (Wildman–Crippen LogP) is 3.02. The lowest BCUT2D eigenvalue weighted by molar-refractivity contribution is 0.0234. The lowest BCUT2D eigenvalue weighted by atomic mass is 9.75. The number of carbonyl (C=O) groups excluding carboxylic acids is 1. The lowest BCUT2D eigenvalue weighted by Gasteiger charge is -2.38. The summed E-state index contributed by atoms with van der Waals surface area (Å²) in [6.45, 7) is 0. The molecule has 2 heterocycles. The second kappa shape index (κ2) is 7.52. The van der Waals surface area contributed by atoms with Crippen LogP contribution in [0.15, 0.2) is 48.7 Å². The standard InChI is InChI=1S/C21H20FN3O3/c1-28-18-8-6-13(11-23-18)19(14-9-15(26)10-14)25-21(27)17-7-5-12-3-2-4-16(22)20(12)24-17/h2-8,11,14-15,19,26H,9-10H2,1H3,(H,25,27)/t14?,15?,19-/m1/s1. The second-order valence-electron chi connectivity index (χ2n) is 6.98. The zero-order valence-corrected chi connectivity index (χ0v) is 15.3. The van der Waals surface area contributed by atoms with E-state index in [1.165, 1.54) is 13.2 Å². The molecule has 0 bridgehead atoms. The maximum Gasteiger partial charge on any atom is 0.270 e. The van der Waals surface area contributed by atoms with Crippen molar-refractivity contribution in [2.75, 3.05) is 7.11 Å². The van der Waals surface area contributed by atoms with Crippen LogP contribution in [0, 0.1) is 11.7 Å². The fourth-order valence-corrected chi connectivity index (χ4v) is 3.52. The van der Waals surface area contributed by atoms with E-state index in [1.807, 2.05) is 6.07 Å². The minimum Gasteiger partial charge on any atom is -0.481 e. The quantitative estimate of drug-likeness (QED) is 0.710. The molecule has 6 nitrogen and oxygen atoms in total. The van der Waals surface area contributed by atoms with E-state index < -0.39 is 11.7 Å². The number of amides is 1. The number of para-hydroxylation sites is 1. The number of nitrogens with one attached hydrogen (secondary N) is 1. The number of rotatable bonds is 5. The number of benzene rings is 1. The van der Waals surface area contributed by atoms with Gasteiger partial charge in [-0.2, -0.15) is 0 Å². The van der Waals surface area contributed by atoms with Crippen molar-refractivity contribution in [1.29, 1.82) is 0 Å². The summed E-state index contributed by atoms with van der Waals surface area (Å²) < 4.78 is 19.1. The number of carbonyl (C=O) groups is 1. The second-order valence-corrected chi connectivity index (χ2v) is 6.98. The lowest BCUT2D eigenvalue weighted by Crippen LogP contribution is -2.41. The number of hydrogen-bond acceptors (Lipinski definition) is 5. The Kier molecular flexibility index (Phi) is 4.92. The van der Waals surface area contributed by atoms with Gasteiger partial charge in [0.2, 0.25) is 5.88 Å². The normalized spacial score (nSPS) is 19.7. The summed E-state index contributed by atoms with van der Waals surface area (Å²) in [5, 5.41) is 13.3. The topological polar surface area (TPSA) is 84.3 Å². The predicted molar refractivity (Wildman–Crippen MR) is 101 cm³/mol. The van der Waals surface area contributed by atoms with Crippen molar-refractivity contribution in [2.45, 2.75) is 25.0 Å². The summed E-state index contributed by atoms with van der Waals surface area (Å²) in [7, 11) is 1.54. The molecule has 0 saturated heterocycles. The van der Waals surface area contributed by atoms with Crippen LogP contribution in [0.3, 0.4) is 0 Å². The monoisotopic (exact) mass is 381 g/mol. The van der Waals surface area contributed by atoms with Crippen LogP contribution in [0.4, 0.5) is 4.39 Å². The highest BCUT2D eigenvalue weighted by atomic mass is 19.1. The molecule has 0 radical (unpaired) electrons. The SMILES string of the molecule is COc1ccc([C@@H](NC(=O)c2ccc3cccc(F)c3n2)C2CC(O)C2)cn1. The van der Waals surface area contributed by atoms with Gasteiger partial charge in [-0.05, 0) is 36.5 Å². The van der Waals surface area contributed by atoms with Crippen molar-refractivity contribution in [1.82, 2.24) is 15.3 Å². The number of fused-ring (bicyclic) bond motifs is 1. The van der Waals surface area contributed by atoms with Gasteiger partial charge in [-0.1, -0.05) is 24.3 Å². The number of aliphatic hydroxyl groups excluding tert-OH is 1. The van der Waals surface area contributed by atoms with Crippen molar-refractivity contribution in [3.05, 3.63) is 65.7 Å². The van der Waals surface area contributed by atoms with Crippen LogP contribution >= 0.6 is 0 Å². The summed E-state index contributed by atoms with van der Waals surface area (Å²) in [5.41, 5.74) is 1.12. The van der Waals surface area contributed by atoms with Crippen LogP contribution in [0.1, 0.15) is 34.9 Å². The summed E-state index contributed by atoms with van der Waals surface area (Å²) in [5.74, 6) is -0.294. The molecule has 3 aromatic rings. The number of methoxy groups -OCH3 is 1. The Bertz CT molecular complexity index is 1000. The Morgan fingerprint density at radius 2 is 2.07 bits per heavy atom. The average Bonchev–Trinajstić information content (AvgIpc) is 2.70. The molecule has 7 heteroatoms. The molecule has 2 aromatic heterocycles. The molecule has 1 amide bonds. The first kappa shape index (κ1) is 18.3. The third kappa shape index (κ3) is 3.53. The van der Waals surface area contributed by atoms with Gasteiger partial charge in [-0.3, -0.25) is 4.79 Å². The molecule has 0 unspecified atom stereocenters. The highest BCUT2D eigenvalue weighted by Crippen LogP contribution is 2.38. The van der Waals surface area contributed by atoms with E-state index in [0.29, 0.717) is 24.1 Å². The van der Waals surface area contributed by atoms with Gasteiger partial charge in [-0.25, -0.2) is 14.4 Å². The Labute approximate surface area is 161 Å². The average molecular weight is 381 g/mol. The molecule has 2 N–H and O–H groups in total. The smallest absolute Gasteiger partial charge is 0.270 e. The minimum atomic E-state index is -0.467. The molecule has 144 valence electrons. The van der Waals surface area contributed by atoms with E-state index in [4.69, 9.17) is 4.74 Å². The molecule has 0 aliphatic heterocycles. The number of aliphatic hydroxyl groups is 1. The first-order chi connectivity index (χ1) is 13.5.